The fourth-order valence-corrected chi connectivity index (χ4v) is 1.89. The molecule has 21 heavy (non-hydrogen) atoms. The number of anilines is 1. The van der Waals surface area contributed by atoms with Crippen LogP contribution < -0.4 is 5.32 Å². The molecule has 0 aliphatic carbocycles. The molecule has 0 spiro atoms. The van der Waals surface area contributed by atoms with Crippen LogP contribution in [0.3, 0.4) is 0 Å². The maximum atomic E-state index is 12.0. The number of hydrogen-bond donors (Lipinski definition) is 2. The molecule has 0 radical (unpaired) electrons. The number of carboxylic acids is 1. The third-order valence-corrected chi connectivity index (χ3v) is 3.13. The Morgan fingerprint density at radius 2 is 2.14 bits per heavy atom. The zero-order valence-electron chi connectivity index (χ0n) is 10.7. The fourth-order valence-electron chi connectivity index (χ4n) is 1.47. The van der Waals surface area contributed by atoms with Crippen molar-refractivity contribution in [3.8, 4) is 0 Å². The molecule has 2 rings (SSSR count). The van der Waals surface area contributed by atoms with Gasteiger partial charge in [-0.2, -0.15) is 5.10 Å². The molecule has 0 aliphatic heterocycles. The van der Waals surface area contributed by atoms with Crippen LogP contribution in [0.1, 0.15) is 23.5 Å². The summed E-state index contributed by atoms with van der Waals surface area (Å²) in [4.78, 5) is 26.7. The lowest BCUT2D eigenvalue weighted by Gasteiger charge is -2.06. The van der Waals surface area contributed by atoms with Crippen LogP contribution in [0, 0.1) is 0 Å². The first-order chi connectivity index (χ1) is 9.88. The van der Waals surface area contributed by atoms with Crippen LogP contribution in [0.25, 0.3) is 0 Å². The monoisotopic (exact) mass is 328 g/mol. The van der Waals surface area contributed by atoms with Gasteiger partial charge in [0.15, 0.2) is 11.5 Å². The zero-order chi connectivity index (χ0) is 15.6. The first-order valence-electron chi connectivity index (χ1n) is 5.79. The first-order valence-corrected chi connectivity index (χ1v) is 6.54. The molecule has 7 nitrogen and oxygen atoms in total. The Balaban J connectivity index is 2.15. The maximum Gasteiger partial charge on any atom is 0.328 e. The van der Waals surface area contributed by atoms with Crippen LogP contribution in [0.5, 0.6) is 0 Å². The van der Waals surface area contributed by atoms with Crippen LogP contribution >= 0.6 is 23.2 Å². The Bertz CT molecular complexity index is 702. The quantitative estimate of drug-likeness (QED) is 0.898. The number of rotatable bonds is 4. The van der Waals surface area contributed by atoms with E-state index < -0.39 is 17.9 Å². The molecule has 1 amide bonds. The molecule has 2 N–H and O–H groups in total. The van der Waals surface area contributed by atoms with E-state index >= 15 is 0 Å². The van der Waals surface area contributed by atoms with Gasteiger partial charge < -0.3 is 10.4 Å². The molecule has 0 aliphatic rings. The number of pyridine rings is 1. The van der Waals surface area contributed by atoms with E-state index in [-0.39, 0.29) is 16.5 Å². The standard InChI is InChI=1S/C12H10Cl2N4O3/c1-6(12(20)21)18-3-2-9(17-18)11(19)16-10-8(14)4-7(13)5-15-10/h2-6H,1H3,(H,20,21)(H,15,16,19). The summed E-state index contributed by atoms with van der Waals surface area (Å²) in [5.74, 6) is -1.46. The molecule has 0 bridgehead atoms. The second kappa shape index (κ2) is 6.11. The lowest BCUT2D eigenvalue weighted by atomic mass is 10.3. The SMILES string of the molecule is CC(C(=O)O)n1ccc(C(=O)Nc2ncc(Cl)cc2Cl)n1. The van der Waals surface area contributed by atoms with E-state index in [0.717, 1.165) is 0 Å². The van der Waals surface area contributed by atoms with Crippen molar-refractivity contribution in [2.45, 2.75) is 13.0 Å². The number of carbonyl (C=O) groups is 2. The van der Waals surface area contributed by atoms with Gasteiger partial charge in [-0.1, -0.05) is 23.2 Å². The number of nitrogens with zero attached hydrogens (tertiary/aromatic N) is 3. The van der Waals surface area contributed by atoms with E-state index in [2.05, 4.69) is 15.4 Å². The van der Waals surface area contributed by atoms with Crippen LogP contribution in [0.2, 0.25) is 10.0 Å². The Morgan fingerprint density at radius 3 is 2.76 bits per heavy atom. The number of aliphatic carboxylic acids is 1. The van der Waals surface area contributed by atoms with Crippen molar-refractivity contribution in [1.82, 2.24) is 14.8 Å². The summed E-state index contributed by atoms with van der Waals surface area (Å²) < 4.78 is 1.17. The average Bonchev–Trinajstić information content (AvgIpc) is 2.90. The van der Waals surface area contributed by atoms with Gasteiger partial charge >= 0.3 is 5.97 Å². The Hall–Kier alpha value is -2.12. The van der Waals surface area contributed by atoms with Gasteiger partial charge in [-0.25, -0.2) is 9.78 Å². The van der Waals surface area contributed by atoms with E-state index in [1.165, 1.54) is 36.1 Å². The van der Waals surface area contributed by atoms with Crippen LogP contribution in [0.15, 0.2) is 24.5 Å². The summed E-state index contributed by atoms with van der Waals surface area (Å²) in [6.07, 6.45) is 2.75. The summed E-state index contributed by atoms with van der Waals surface area (Å²) in [6.45, 7) is 1.45. The summed E-state index contributed by atoms with van der Waals surface area (Å²) in [5.41, 5.74) is 0.0518. The largest absolute Gasteiger partial charge is 0.480 e. The molecule has 110 valence electrons. The minimum atomic E-state index is -1.05. The van der Waals surface area contributed by atoms with Gasteiger partial charge in [0.1, 0.15) is 6.04 Å². The van der Waals surface area contributed by atoms with Crippen LogP contribution in [-0.2, 0) is 4.79 Å². The Morgan fingerprint density at radius 1 is 1.43 bits per heavy atom. The third-order valence-electron chi connectivity index (χ3n) is 2.63. The molecule has 0 fully saturated rings. The van der Waals surface area contributed by atoms with E-state index in [0.29, 0.717) is 5.02 Å². The molecule has 1 atom stereocenters. The van der Waals surface area contributed by atoms with Crippen LogP contribution in [0.4, 0.5) is 5.82 Å². The molecular formula is C12H10Cl2N4O3. The molecule has 1 unspecified atom stereocenters. The smallest absolute Gasteiger partial charge is 0.328 e. The normalized spacial score (nSPS) is 12.0. The third kappa shape index (κ3) is 3.50. The predicted octanol–water partition coefficient (Wildman–Crippen LogP) is 2.48. The van der Waals surface area contributed by atoms with Gasteiger partial charge in [0.2, 0.25) is 0 Å². The van der Waals surface area contributed by atoms with Gasteiger partial charge in [0.05, 0.1) is 10.0 Å². The Kier molecular flexibility index (Phi) is 4.44. The number of nitrogens with one attached hydrogen (secondary N) is 1. The highest BCUT2D eigenvalue weighted by Crippen LogP contribution is 2.22. The number of halogens is 2. The van der Waals surface area contributed by atoms with Crippen molar-refractivity contribution in [1.29, 1.82) is 0 Å². The summed E-state index contributed by atoms with van der Waals surface area (Å²) in [7, 11) is 0. The highest BCUT2D eigenvalue weighted by molar-refractivity contribution is 6.36. The van der Waals surface area contributed by atoms with Crippen molar-refractivity contribution < 1.29 is 14.7 Å². The van der Waals surface area contributed by atoms with Crippen LogP contribution in [-0.4, -0.2) is 31.7 Å². The number of hydrogen-bond acceptors (Lipinski definition) is 4. The van der Waals surface area contributed by atoms with Gasteiger partial charge in [-0.05, 0) is 19.1 Å². The molecule has 2 heterocycles. The highest BCUT2D eigenvalue weighted by Gasteiger charge is 2.17. The van der Waals surface area contributed by atoms with Gasteiger partial charge in [-0.3, -0.25) is 9.48 Å². The molecule has 0 saturated carbocycles. The molecule has 0 saturated heterocycles. The minimum Gasteiger partial charge on any atom is -0.480 e. The van der Waals surface area contributed by atoms with E-state index in [1.807, 2.05) is 0 Å². The van der Waals surface area contributed by atoms with E-state index in [4.69, 9.17) is 28.3 Å². The summed E-state index contributed by atoms with van der Waals surface area (Å²) in [6, 6.07) is 1.97. The first kappa shape index (κ1) is 15.3. The number of carboxylic acid groups (broad SMARTS) is 1. The second-order valence-electron chi connectivity index (χ2n) is 4.13. The topological polar surface area (TPSA) is 97.1 Å². The zero-order valence-corrected chi connectivity index (χ0v) is 12.3. The molecule has 9 heteroatoms. The number of carbonyl (C=O) groups excluding carboxylic acids is 1. The molecule has 2 aromatic heterocycles. The van der Waals surface area contributed by atoms with Gasteiger partial charge in [0, 0.05) is 12.4 Å². The lowest BCUT2D eigenvalue weighted by molar-refractivity contribution is -0.140. The summed E-state index contributed by atoms with van der Waals surface area (Å²) in [5, 5.41) is 15.8. The molecule has 2 aromatic rings. The Labute approximate surface area is 129 Å². The van der Waals surface area contributed by atoms with Gasteiger partial charge in [-0.15, -0.1) is 0 Å². The molecule has 0 aromatic carbocycles. The number of aromatic nitrogens is 3. The average molecular weight is 329 g/mol. The van der Waals surface area contributed by atoms with Crippen molar-refractivity contribution in [2.24, 2.45) is 0 Å². The fraction of sp³-hybridized carbons (Fsp3) is 0.167. The van der Waals surface area contributed by atoms with Crippen molar-refractivity contribution >= 4 is 40.9 Å². The maximum absolute atomic E-state index is 12.0. The predicted molar refractivity (Wildman–Crippen MR) is 76.8 cm³/mol. The van der Waals surface area contributed by atoms with E-state index in [9.17, 15) is 9.59 Å². The summed E-state index contributed by atoms with van der Waals surface area (Å²) >= 11 is 11.6. The lowest BCUT2D eigenvalue weighted by Crippen LogP contribution is -2.18. The van der Waals surface area contributed by atoms with E-state index in [1.54, 1.807) is 0 Å². The molecular weight excluding hydrogens is 319 g/mol. The van der Waals surface area contributed by atoms with Crippen molar-refractivity contribution in [2.75, 3.05) is 5.32 Å². The van der Waals surface area contributed by atoms with Crippen molar-refractivity contribution in [3.05, 3.63) is 40.3 Å². The highest BCUT2D eigenvalue weighted by atomic mass is 35.5. The van der Waals surface area contributed by atoms with Crippen molar-refractivity contribution in [3.63, 3.8) is 0 Å². The van der Waals surface area contributed by atoms with Gasteiger partial charge in [0.25, 0.3) is 5.91 Å². The number of amides is 1. The minimum absolute atomic E-state index is 0.0518. The second-order valence-corrected chi connectivity index (χ2v) is 4.98.